The van der Waals surface area contributed by atoms with E-state index >= 15 is 0 Å². The van der Waals surface area contributed by atoms with Crippen molar-refractivity contribution < 1.29 is 0 Å². The molecule has 0 amide bonds. The maximum atomic E-state index is 4.27. The second-order valence-electron chi connectivity index (χ2n) is 6.16. The molecule has 21 heavy (non-hydrogen) atoms. The lowest BCUT2D eigenvalue weighted by molar-refractivity contribution is 0.368. The average Bonchev–Trinajstić information content (AvgIpc) is 3.06. The highest BCUT2D eigenvalue weighted by molar-refractivity contribution is 5.35. The van der Waals surface area contributed by atoms with Gasteiger partial charge in [-0.1, -0.05) is 31.2 Å². The molecule has 1 aromatic heterocycles. The molecule has 0 saturated carbocycles. The van der Waals surface area contributed by atoms with Crippen molar-refractivity contribution in [2.45, 2.75) is 38.6 Å². The fraction of sp³-hybridized carbons (Fsp3) is 0.500. The number of aryl methyl sites for hydroxylation is 2. The van der Waals surface area contributed by atoms with Crippen molar-refractivity contribution in [3.05, 3.63) is 53.3 Å². The van der Waals surface area contributed by atoms with Crippen molar-refractivity contribution in [3.63, 3.8) is 0 Å². The Labute approximate surface area is 127 Å². The van der Waals surface area contributed by atoms with E-state index in [1.54, 1.807) is 0 Å². The quantitative estimate of drug-likeness (QED) is 0.882. The fourth-order valence-corrected chi connectivity index (χ4v) is 3.48. The number of rotatable bonds is 6. The van der Waals surface area contributed by atoms with Crippen molar-refractivity contribution in [1.29, 1.82) is 0 Å². The zero-order valence-electron chi connectivity index (χ0n) is 13.0. The normalized spacial score (nSPS) is 20.7. The van der Waals surface area contributed by atoms with Gasteiger partial charge in [-0.2, -0.15) is 5.10 Å². The van der Waals surface area contributed by atoms with Gasteiger partial charge in [-0.25, -0.2) is 0 Å². The maximum Gasteiger partial charge on any atom is 0.0521 e. The molecular weight excluding hydrogens is 258 g/mol. The molecule has 1 aliphatic carbocycles. The Morgan fingerprint density at radius 1 is 1.33 bits per heavy atom. The monoisotopic (exact) mass is 283 g/mol. The molecule has 0 saturated heterocycles. The van der Waals surface area contributed by atoms with Gasteiger partial charge in [0, 0.05) is 19.3 Å². The third-order valence-electron chi connectivity index (χ3n) is 4.52. The van der Waals surface area contributed by atoms with E-state index in [0.29, 0.717) is 12.0 Å². The summed E-state index contributed by atoms with van der Waals surface area (Å²) in [5.74, 6) is 0.703. The predicted molar refractivity (Wildman–Crippen MR) is 86.2 cm³/mol. The van der Waals surface area contributed by atoms with E-state index in [0.717, 1.165) is 13.0 Å². The summed E-state index contributed by atoms with van der Waals surface area (Å²) in [5.41, 5.74) is 4.40. The Kier molecular flexibility index (Phi) is 4.39. The van der Waals surface area contributed by atoms with E-state index in [9.17, 15) is 0 Å². The van der Waals surface area contributed by atoms with Crippen LogP contribution in [0.5, 0.6) is 0 Å². The zero-order chi connectivity index (χ0) is 14.7. The largest absolute Gasteiger partial charge is 0.310 e. The first-order valence-corrected chi connectivity index (χ1v) is 8.06. The third kappa shape index (κ3) is 3.18. The number of hydrogen-bond donors (Lipinski definition) is 1. The van der Waals surface area contributed by atoms with Gasteiger partial charge in [-0.3, -0.25) is 4.68 Å². The molecule has 2 unspecified atom stereocenters. The molecule has 3 rings (SSSR count). The first kappa shape index (κ1) is 14.3. The molecule has 1 aliphatic rings. The average molecular weight is 283 g/mol. The van der Waals surface area contributed by atoms with Gasteiger partial charge in [0.25, 0.3) is 0 Å². The summed E-state index contributed by atoms with van der Waals surface area (Å²) in [6.07, 6.45) is 8.87. The topological polar surface area (TPSA) is 29.9 Å². The molecule has 2 atom stereocenters. The third-order valence-corrected chi connectivity index (χ3v) is 4.52. The molecule has 0 spiro atoms. The summed E-state index contributed by atoms with van der Waals surface area (Å²) in [4.78, 5) is 0. The summed E-state index contributed by atoms with van der Waals surface area (Å²) in [7, 11) is 1.99. The van der Waals surface area contributed by atoms with Gasteiger partial charge < -0.3 is 5.32 Å². The molecule has 3 heteroatoms. The number of hydrogen-bond acceptors (Lipinski definition) is 2. The Morgan fingerprint density at radius 3 is 2.95 bits per heavy atom. The lowest BCUT2D eigenvalue weighted by Crippen LogP contribution is -2.26. The Morgan fingerprint density at radius 2 is 2.19 bits per heavy atom. The summed E-state index contributed by atoms with van der Waals surface area (Å²) in [5, 5.41) is 8.03. The van der Waals surface area contributed by atoms with Crippen LogP contribution in [0, 0.1) is 5.92 Å². The Bertz CT molecular complexity index is 588. The fourth-order valence-electron chi connectivity index (χ4n) is 3.48. The number of nitrogens with zero attached hydrogens (tertiary/aromatic N) is 2. The van der Waals surface area contributed by atoms with Gasteiger partial charge >= 0.3 is 0 Å². The van der Waals surface area contributed by atoms with Crippen LogP contribution in [0.25, 0.3) is 0 Å². The van der Waals surface area contributed by atoms with Crippen LogP contribution < -0.4 is 5.32 Å². The van der Waals surface area contributed by atoms with Crippen molar-refractivity contribution in [1.82, 2.24) is 15.1 Å². The minimum atomic E-state index is 0.526. The molecule has 1 N–H and O–H groups in total. The second kappa shape index (κ2) is 6.44. The molecule has 1 aromatic carbocycles. The summed E-state index contributed by atoms with van der Waals surface area (Å²) in [6.45, 7) is 3.33. The summed E-state index contributed by atoms with van der Waals surface area (Å²) < 4.78 is 1.89. The van der Waals surface area contributed by atoms with Crippen molar-refractivity contribution in [2.75, 3.05) is 6.54 Å². The van der Waals surface area contributed by atoms with Crippen LogP contribution in [0.2, 0.25) is 0 Å². The van der Waals surface area contributed by atoms with E-state index in [4.69, 9.17) is 0 Å². The lowest BCUT2D eigenvalue weighted by atomic mass is 9.94. The van der Waals surface area contributed by atoms with Crippen molar-refractivity contribution in [2.24, 2.45) is 13.0 Å². The van der Waals surface area contributed by atoms with E-state index in [1.807, 2.05) is 17.9 Å². The molecule has 1 heterocycles. The Balaban J connectivity index is 1.69. The van der Waals surface area contributed by atoms with Gasteiger partial charge in [0.15, 0.2) is 0 Å². The van der Waals surface area contributed by atoms with E-state index in [2.05, 4.69) is 47.8 Å². The minimum Gasteiger partial charge on any atom is -0.310 e. The van der Waals surface area contributed by atoms with Crippen LogP contribution >= 0.6 is 0 Å². The lowest BCUT2D eigenvalue weighted by Gasteiger charge is -2.21. The summed E-state index contributed by atoms with van der Waals surface area (Å²) in [6, 6.07) is 9.45. The highest BCUT2D eigenvalue weighted by atomic mass is 15.2. The zero-order valence-corrected chi connectivity index (χ0v) is 13.0. The SMILES string of the molecule is CCCNC1c2ccccc2CC1CCc1cnn(C)c1. The Hall–Kier alpha value is -1.61. The second-order valence-corrected chi connectivity index (χ2v) is 6.16. The maximum absolute atomic E-state index is 4.27. The molecule has 112 valence electrons. The van der Waals surface area contributed by atoms with Gasteiger partial charge in [-0.15, -0.1) is 0 Å². The minimum absolute atomic E-state index is 0.526. The van der Waals surface area contributed by atoms with Crippen LogP contribution in [0.3, 0.4) is 0 Å². The first-order chi connectivity index (χ1) is 10.3. The standard InChI is InChI=1S/C18H25N3/c1-3-10-19-18-16(9-8-14-12-20-21(2)13-14)11-15-6-4-5-7-17(15)18/h4-7,12-13,16,18-19H,3,8-11H2,1-2H3. The first-order valence-electron chi connectivity index (χ1n) is 8.06. The number of nitrogens with one attached hydrogen (secondary N) is 1. The van der Waals surface area contributed by atoms with Crippen molar-refractivity contribution in [3.8, 4) is 0 Å². The predicted octanol–water partition coefficient (Wildman–Crippen LogP) is 3.27. The highest BCUT2D eigenvalue weighted by Crippen LogP contribution is 2.38. The molecule has 0 radical (unpaired) electrons. The number of fused-ring (bicyclic) bond motifs is 1. The van der Waals surface area contributed by atoms with E-state index < -0.39 is 0 Å². The molecule has 0 bridgehead atoms. The molecule has 0 fully saturated rings. The van der Waals surface area contributed by atoms with Gasteiger partial charge in [0.1, 0.15) is 0 Å². The van der Waals surface area contributed by atoms with Crippen LogP contribution in [0.4, 0.5) is 0 Å². The van der Waals surface area contributed by atoms with E-state index in [-0.39, 0.29) is 0 Å². The van der Waals surface area contributed by atoms with Crippen LogP contribution in [0.15, 0.2) is 36.7 Å². The van der Waals surface area contributed by atoms with Crippen LogP contribution in [-0.4, -0.2) is 16.3 Å². The molecular formula is C18H25N3. The molecule has 3 nitrogen and oxygen atoms in total. The van der Waals surface area contributed by atoms with Gasteiger partial charge in [0.05, 0.1) is 6.20 Å². The van der Waals surface area contributed by atoms with E-state index in [1.165, 1.54) is 36.0 Å². The van der Waals surface area contributed by atoms with Gasteiger partial charge in [-0.05, 0) is 54.8 Å². The van der Waals surface area contributed by atoms with Crippen LogP contribution in [0.1, 0.15) is 42.5 Å². The van der Waals surface area contributed by atoms with Gasteiger partial charge in [0.2, 0.25) is 0 Å². The van der Waals surface area contributed by atoms with Crippen LogP contribution in [-0.2, 0) is 19.9 Å². The molecule has 0 aliphatic heterocycles. The summed E-state index contributed by atoms with van der Waals surface area (Å²) >= 11 is 0. The highest BCUT2D eigenvalue weighted by Gasteiger charge is 2.31. The molecule has 2 aromatic rings. The van der Waals surface area contributed by atoms with Crippen molar-refractivity contribution >= 4 is 0 Å². The number of aromatic nitrogens is 2. The number of benzene rings is 1. The smallest absolute Gasteiger partial charge is 0.0521 e.